The van der Waals surface area contributed by atoms with E-state index < -0.39 is 0 Å². The predicted octanol–water partition coefficient (Wildman–Crippen LogP) is 2.38. The molecular formula is C14H16N4. The summed E-state index contributed by atoms with van der Waals surface area (Å²) in [7, 11) is 1.90. The van der Waals surface area contributed by atoms with Gasteiger partial charge in [-0.3, -0.25) is 4.98 Å². The van der Waals surface area contributed by atoms with Gasteiger partial charge in [0.25, 0.3) is 0 Å². The van der Waals surface area contributed by atoms with Crippen molar-refractivity contribution >= 4 is 5.82 Å². The fourth-order valence-electron chi connectivity index (χ4n) is 1.97. The third kappa shape index (κ3) is 2.47. The normalized spacial score (nSPS) is 14.5. The number of rotatable bonds is 4. The Bertz CT molecular complexity index is 535. The highest BCUT2D eigenvalue weighted by Gasteiger charge is 2.27. The van der Waals surface area contributed by atoms with Crippen molar-refractivity contribution in [1.29, 1.82) is 0 Å². The molecule has 1 N–H and O–H groups in total. The average molecular weight is 240 g/mol. The summed E-state index contributed by atoms with van der Waals surface area (Å²) in [5, 5.41) is 3.11. The Labute approximate surface area is 107 Å². The van der Waals surface area contributed by atoms with Crippen molar-refractivity contribution in [3.8, 4) is 0 Å². The van der Waals surface area contributed by atoms with Gasteiger partial charge in [0.1, 0.15) is 11.6 Å². The molecule has 0 aromatic carbocycles. The van der Waals surface area contributed by atoms with Gasteiger partial charge in [-0.25, -0.2) is 9.97 Å². The van der Waals surface area contributed by atoms with E-state index in [1.54, 1.807) is 6.20 Å². The van der Waals surface area contributed by atoms with Gasteiger partial charge in [0, 0.05) is 37.8 Å². The van der Waals surface area contributed by atoms with Crippen molar-refractivity contribution in [2.75, 3.05) is 12.4 Å². The smallest absolute Gasteiger partial charge is 0.134 e. The minimum atomic E-state index is 0.575. The number of anilines is 1. The first-order valence-electron chi connectivity index (χ1n) is 6.29. The molecule has 2 aromatic heterocycles. The van der Waals surface area contributed by atoms with E-state index in [0.717, 1.165) is 23.8 Å². The van der Waals surface area contributed by atoms with Crippen LogP contribution in [0.15, 0.2) is 30.6 Å². The average Bonchev–Trinajstić information content (AvgIpc) is 3.24. The summed E-state index contributed by atoms with van der Waals surface area (Å²) >= 11 is 0. The Hall–Kier alpha value is -1.97. The largest absolute Gasteiger partial charge is 0.373 e. The lowest BCUT2D eigenvalue weighted by molar-refractivity contribution is 0.888. The van der Waals surface area contributed by atoms with Gasteiger partial charge in [0.2, 0.25) is 0 Å². The molecule has 1 aliphatic carbocycles. The lowest BCUT2D eigenvalue weighted by Gasteiger charge is -2.07. The van der Waals surface area contributed by atoms with E-state index in [0.29, 0.717) is 5.92 Å². The maximum Gasteiger partial charge on any atom is 0.134 e. The van der Waals surface area contributed by atoms with Crippen molar-refractivity contribution in [2.45, 2.75) is 25.2 Å². The number of aromatic nitrogens is 3. The molecule has 1 fully saturated rings. The van der Waals surface area contributed by atoms with Crippen LogP contribution in [0.3, 0.4) is 0 Å². The standard InChI is InChI=1S/C14H16N4/c1-15-13-8-12(7-10-3-2-6-16-9-10)17-14(18-13)11-4-5-11/h2-3,6,8-9,11H,4-5,7H2,1H3,(H,15,17,18). The van der Waals surface area contributed by atoms with Gasteiger partial charge in [-0.05, 0) is 24.5 Å². The first-order valence-corrected chi connectivity index (χ1v) is 6.29. The summed E-state index contributed by atoms with van der Waals surface area (Å²) in [6, 6.07) is 6.04. The molecule has 0 unspecified atom stereocenters. The van der Waals surface area contributed by atoms with E-state index in [1.165, 1.54) is 18.4 Å². The molecule has 3 rings (SSSR count). The molecule has 0 saturated heterocycles. The molecular weight excluding hydrogens is 224 g/mol. The molecule has 92 valence electrons. The van der Waals surface area contributed by atoms with Crippen LogP contribution in [-0.4, -0.2) is 22.0 Å². The molecule has 0 spiro atoms. The molecule has 4 heteroatoms. The highest BCUT2D eigenvalue weighted by atomic mass is 15.0. The van der Waals surface area contributed by atoms with E-state index in [1.807, 2.05) is 25.4 Å². The van der Waals surface area contributed by atoms with Gasteiger partial charge in [-0.2, -0.15) is 0 Å². The van der Waals surface area contributed by atoms with E-state index in [4.69, 9.17) is 0 Å². The molecule has 18 heavy (non-hydrogen) atoms. The fourth-order valence-corrected chi connectivity index (χ4v) is 1.97. The van der Waals surface area contributed by atoms with Gasteiger partial charge >= 0.3 is 0 Å². The predicted molar refractivity (Wildman–Crippen MR) is 70.6 cm³/mol. The molecule has 2 aromatic rings. The number of hydrogen-bond acceptors (Lipinski definition) is 4. The van der Waals surface area contributed by atoms with Crippen LogP contribution in [0.5, 0.6) is 0 Å². The van der Waals surface area contributed by atoms with Gasteiger partial charge in [0.05, 0.1) is 5.69 Å². The van der Waals surface area contributed by atoms with Crippen molar-refractivity contribution in [3.63, 3.8) is 0 Å². The van der Waals surface area contributed by atoms with Gasteiger partial charge in [0.15, 0.2) is 0 Å². The van der Waals surface area contributed by atoms with Crippen LogP contribution in [-0.2, 0) is 6.42 Å². The lowest BCUT2D eigenvalue weighted by Crippen LogP contribution is -2.03. The molecule has 1 aliphatic rings. The Morgan fingerprint density at radius 3 is 2.89 bits per heavy atom. The van der Waals surface area contributed by atoms with Crippen molar-refractivity contribution in [3.05, 3.63) is 47.7 Å². The van der Waals surface area contributed by atoms with Crippen LogP contribution in [0.4, 0.5) is 5.82 Å². The minimum absolute atomic E-state index is 0.575. The van der Waals surface area contributed by atoms with Crippen LogP contribution in [0.25, 0.3) is 0 Å². The number of nitrogens with one attached hydrogen (secondary N) is 1. The zero-order chi connectivity index (χ0) is 12.4. The molecule has 4 nitrogen and oxygen atoms in total. The summed E-state index contributed by atoms with van der Waals surface area (Å²) in [5.41, 5.74) is 2.24. The van der Waals surface area contributed by atoms with Crippen molar-refractivity contribution in [2.24, 2.45) is 0 Å². The van der Waals surface area contributed by atoms with E-state index in [-0.39, 0.29) is 0 Å². The molecule has 0 aliphatic heterocycles. The Morgan fingerprint density at radius 2 is 2.22 bits per heavy atom. The molecule has 1 saturated carbocycles. The molecule has 0 radical (unpaired) electrons. The van der Waals surface area contributed by atoms with Crippen LogP contribution in [0.2, 0.25) is 0 Å². The molecule has 0 atom stereocenters. The lowest BCUT2D eigenvalue weighted by atomic mass is 10.1. The number of pyridine rings is 1. The molecule has 0 amide bonds. The number of nitrogens with zero attached hydrogens (tertiary/aromatic N) is 3. The third-order valence-corrected chi connectivity index (χ3v) is 3.10. The van der Waals surface area contributed by atoms with Crippen LogP contribution < -0.4 is 5.32 Å². The second kappa shape index (κ2) is 4.72. The molecule has 2 heterocycles. The second-order valence-corrected chi connectivity index (χ2v) is 4.67. The van der Waals surface area contributed by atoms with Crippen LogP contribution in [0, 0.1) is 0 Å². The maximum absolute atomic E-state index is 4.66. The summed E-state index contributed by atoms with van der Waals surface area (Å²) in [6.45, 7) is 0. The fraction of sp³-hybridized carbons (Fsp3) is 0.357. The quantitative estimate of drug-likeness (QED) is 0.891. The van der Waals surface area contributed by atoms with E-state index >= 15 is 0 Å². The van der Waals surface area contributed by atoms with Gasteiger partial charge in [-0.1, -0.05) is 6.07 Å². The monoisotopic (exact) mass is 240 g/mol. The van der Waals surface area contributed by atoms with Gasteiger partial charge in [-0.15, -0.1) is 0 Å². The topological polar surface area (TPSA) is 50.7 Å². The third-order valence-electron chi connectivity index (χ3n) is 3.10. The van der Waals surface area contributed by atoms with E-state index in [9.17, 15) is 0 Å². The molecule has 0 bridgehead atoms. The van der Waals surface area contributed by atoms with Gasteiger partial charge < -0.3 is 5.32 Å². The zero-order valence-electron chi connectivity index (χ0n) is 10.4. The van der Waals surface area contributed by atoms with Crippen LogP contribution >= 0.6 is 0 Å². The Kier molecular flexibility index (Phi) is 2.92. The van der Waals surface area contributed by atoms with E-state index in [2.05, 4.69) is 26.3 Å². The van der Waals surface area contributed by atoms with Crippen molar-refractivity contribution in [1.82, 2.24) is 15.0 Å². The highest BCUT2D eigenvalue weighted by molar-refractivity contribution is 5.37. The first-order chi connectivity index (χ1) is 8.85. The number of hydrogen-bond donors (Lipinski definition) is 1. The summed E-state index contributed by atoms with van der Waals surface area (Å²) in [5.74, 6) is 2.47. The summed E-state index contributed by atoms with van der Waals surface area (Å²) in [6.07, 6.45) is 6.93. The van der Waals surface area contributed by atoms with Crippen LogP contribution in [0.1, 0.15) is 35.8 Å². The zero-order valence-corrected chi connectivity index (χ0v) is 10.4. The summed E-state index contributed by atoms with van der Waals surface area (Å²) in [4.78, 5) is 13.3. The Balaban J connectivity index is 1.88. The van der Waals surface area contributed by atoms with Crippen molar-refractivity contribution < 1.29 is 0 Å². The maximum atomic E-state index is 4.66. The Morgan fingerprint density at radius 1 is 1.33 bits per heavy atom. The first kappa shape index (κ1) is 11.1. The SMILES string of the molecule is CNc1cc(Cc2cccnc2)nc(C2CC2)n1. The highest BCUT2D eigenvalue weighted by Crippen LogP contribution is 2.38. The minimum Gasteiger partial charge on any atom is -0.373 e. The second-order valence-electron chi connectivity index (χ2n) is 4.67. The summed E-state index contributed by atoms with van der Waals surface area (Å²) < 4.78 is 0.